The van der Waals surface area contributed by atoms with E-state index in [1.54, 1.807) is 18.2 Å². The number of rotatable bonds is 3. The first-order chi connectivity index (χ1) is 8.74. The lowest BCUT2D eigenvalue weighted by atomic mass is 10.1. The van der Waals surface area contributed by atoms with Gasteiger partial charge >= 0.3 is 0 Å². The van der Waals surface area contributed by atoms with Gasteiger partial charge in [-0.3, -0.25) is 4.21 Å². The third-order valence-electron chi connectivity index (χ3n) is 3.65. The number of hydrogen-bond donors (Lipinski definition) is 1. The maximum Gasteiger partial charge on any atom is 0.139 e. The van der Waals surface area contributed by atoms with E-state index >= 15 is 0 Å². The second kappa shape index (κ2) is 6.43. The highest BCUT2D eigenvalue weighted by Crippen LogP contribution is 2.26. The molecule has 2 nitrogen and oxygen atoms in total. The Morgan fingerprint density at radius 3 is 2.67 bits per heavy atom. The summed E-state index contributed by atoms with van der Waals surface area (Å²) in [6.45, 7) is 0. The van der Waals surface area contributed by atoms with E-state index in [-0.39, 0.29) is 17.1 Å². The monoisotopic (exact) mass is 269 g/mol. The molecule has 2 rings (SSSR count). The van der Waals surface area contributed by atoms with Crippen molar-refractivity contribution in [1.29, 1.82) is 0 Å². The molecule has 1 aromatic rings. The third-order valence-corrected chi connectivity index (χ3v) is 5.53. The Bertz CT molecular complexity index is 424. The van der Waals surface area contributed by atoms with E-state index in [4.69, 9.17) is 0 Å². The van der Waals surface area contributed by atoms with Gasteiger partial charge in [0.1, 0.15) is 5.82 Å². The maximum atomic E-state index is 13.7. The lowest BCUT2D eigenvalue weighted by Crippen LogP contribution is -2.39. The van der Waals surface area contributed by atoms with E-state index in [0.717, 1.165) is 25.7 Å². The van der Waals surface area contributed by atoms with Crippen LogP contribution in [0.5, 0.6) is 0 Å². The van der Waals surface area contributed by atoms with E-state index in [2.05, 4.69) is 5.32 Å². The Balaban J connectivity index is 2.23. The second-order valence-electron chi connectivity index (χ2n) is 4.80. The zero-order valence-electron chi connectivity index (χ0n) is 10.7. The van der Waals surface area contributed by atoms with Crippen molar-refractivity contribution < 1.29 is 8.60 Å². The first kappa shape index (κ1) is 13.7. The molecule has 3 atom stereocenters. The molecule has 1 aliphatic carbocycles. The van der Waals surface area contributed by atoms with Crippen LogP contribution in [-0.2, 0) is 10.8 Å². The quantitative estimate of drug-likeness (QED) is 0.855. The maximum absolute atomic E-state index is 13.7. The molecule has 3 unspecified atom stereocenters. The van der Waals surface area contributed by atoms with Gasteiger partial charge in [0.15, 0.2) is 0 Å². The van der Waals surface area contributed by atoms with Crippen LogP contribution >= 0.6 is 0 Å². The predicted molar refractivity (Wildman–Crippen MR) is 72.5 cm³/mol. The van der Waals surface area contributed by atoms with E-state index in [9.17, 15) is 8.60 Å². The van der Waals surface area contributed by atoms with Crippen molar-refractivity contribution in [3.63, 3.8) is 0 Å². The van der Waals surface area contributed by atoms with Gasteiger partial charge in [0.25, 0.3) is 0 Å². The fourth-order valence-electron chi connectivity index (χ4n) is 2.63. The average molecular weight is 269 g/mol. The first-order valence-corrected chi connectivity index (χ1v) is 7.77. The average Bonchev–Trinajstić information content (AvgIpc) is 2.63. The summed E-state index contributed by atoms with van der Waals surface area (Å²) in [6, 6.07) is 6.65. The predicted octanol–water partition coefficient (Wildman–Crippen LogP) is 2.85. The topological polar surface area (TPSA) is 29.1 Å². The minimum absolute atomic E-state index is 0.0226. The van der Waals surface area contributed by atoms with Gasteiger partial charge in [0.2, 0.25) is 0 Å². The highest BCUT2D eigenvalue weighted by molar-refractivity contribution is 7.85. The number of benzene rings is 1. The summed E-state index contributed by atoms with van der Waals surface area (Å²) >= 11 is 0. The highest BCUT2D eigenvalue weighted by Gasteiger charge is 2.29. The van der Waals surface area contributed by atoms with Crippen LogP contribution in [0.4, 0.5) is 4.39 Å². The zero-order valence-corrected chi connectivity index (χ0v) is 11.5. The summed E-state index contributed by atoms with van der Waals surface area (Å²) in [7, 11) is 0.644. The molecule has 0 spiro atoms. The smallest absolute Gasteiger partial charge is 0.139 e. The van der Waals surface area contributed by atoms with E-state index < -0.39 is 10.8 Å². The Hall–Kier alpha value is -0.740. The Morgan fingerprint density at radius 2 is 1.94 bits per heavy atom. The van der Waals surface area contributed by atoms with Crippen LogP contribution in [0.1, 0.15) is 32.1 Å². The third kappa shape index (κ3) is 2.98. The summed E-state index contributed by atoms with van der Waals surface area (Å²) in [4.78, 5) is 0.352. The van der Waals surface area contributed by atoms with Crippen LogP contribution < -0.4 is 5.32 Å². The van der Waals surface area contributed by atoms with Gasteiger partial charge in [-0.2, -0.15) is 0 Å². The summed E-state index contributed by atoms with van der Waals surface area (Å²) in [5, 5.41) is 3.27. The molecule has 0 aromatic heterocycles. The minimum atomic E-state index is -1.26. The van der Waals surface area contributed by atoms with Crippen LogP contribution in [0.25, 0.3) is 0 Å². The molecule has 0 radical (unpaired) electrons. The summed E-state index contributed by atoms with van der Waals surface area (Å²) in [5.41, 5.74) is 0. The van der Waals surface area contributed by atoms with Crippen LogP contribution in [0.15, 0.2) is 29.2 Å². The van der Waals surface area contributed by atoms with Crippen LogP contribution in [0.2, 0.25) is 0 Å². The van der Waals surface area contributed by atoms with Gasteiger partial charge in [-0.25, -0.2) is 4.39 Å². The molecule has 1 saturated carbocycles. The fourth-order valence-corrected chi connectivity index (χ4v) is 4.38. The SMILES string of the molecule is CNC1CCCCCC1S(=O)c1ccccc1F. The molecule has 1 fully saturated rings. The molecule has 0 amide bonds. The van der Waals surface area contributed by atoms with E-state index in [1.165, 1.54) is 12.5 Å². The lowest BCUT2D eigenvalue weighted by Gasteiger charge is -2.24. The summed E-state index contributed by atoms with van der Waals surface area (Å²) < 4.78 is 26.3. The van der Waals surface area contributed by atoms with Crippen molar-refractivity contribution in [1.82, 2.24) is 5.32 Å². The summed E-state index contributed by atoms with van der Waals surface area (Å²) in [6.07, 6.45) is 5.37. The lowest BCUT2D eigenvalue weighted by molar-refractivity contribution is 0.498. The molecule has 100 valence electrons. The van der Waals surface area contributed by atoms with Crippen molar-refractivity contribution in [2.45, 2.75) is 48.3 Å². The standard InChI is InChI=1S/C14H20FNOS/c1-16-12-8-3-2-4-10-14(12)18(17)13-9-6-5-7-11(13)15/h5-7,9,12,14,16H,2-4,8,10H2,1H3. The van der Waals surface area contributed by atoms with Gasteiger partial charge in [0.05, 0.1) is 20.9 Å². The number of hydrogen-bond acceptors (Lipinski definition) is 2. The van der Waals surface area contributed by atoms with Crippen molar-refractivity contribution >= 4 is 10.8 Å². The molecule has 1 N–H and O–H groups in total. The van der Waals surface area contributed by atoms with Gasteiger partial charge in [-0.1, -0.05) is 31.4 Å². The number of halogens is 1. The van der Waals surface area contributed by atoms with Gasteiger partial charge in [-0.05, 0) is 32.0 Å². The van der Waals surface area contributed by atoms with E-state index in [1.807, 2.05) is 7.05 Å². The normalized spacial score (nSPS) is 26.6. The Kier molecular flexibility index (Phi) is 4.89. The highest BCUT2D eigenvalue weighted by atomic mass is 32.2. The zero-order chi connectivity index (χ0) is 13.0. The molecule has 0 heterocycles. The largest absolute Gasteiger partial charge is 0.316 e. The molecule has 0 aliphatic heterocycles. The molecular formula is C14H20FNOS. The molecular weight excluding hydrogens is 249 g/mol. The van der Waals surface area contributed by atoms with Crippen LogP contribution in [0.3, 0.4) is 0 Å². The van der Waals surface area contributed by atoms with Crippen molar-refractivity contribution in [2.75, 3.05) is 7.05 Å². The van der Waals surface area contributed by atoms with E-state index in [0.29, 0.717) is 4.90 Å². The summed E-state index contributed by atoms with van der Waals surface area (Å²) in [5.74, 6) is -0.352. The number of nitrogens with one attached hydrogen (secondary N) is 1. The molecule has 0 saturated heterocycles. The molecule has 18 heavy (non-hydrogen) atoms. The van der Waals surface area contributed by atoms with Crippen molar-refractivity contribution in [3.05, 3.63) is 30.1 Å². The van der Waals surface area contributed by atoms with Crippen molar-refractivity contribution in [3.8, 4) is 0 Å². The first-order valence-electron chi connectivity index (χ1n) is 6.56. The van der Waals surface area contributed by atoms with Gasteiger partial charge in [-0.15, -0.1) is 0 Å². The van der Waals surface area contributed by atoms with Crippen LogP contribution in [-0.4, -0.2) is 22.5 Å². The van der Waals surface area contributed by atoms with Crippen LogP contribution in [0, 0.1) is 5.82 Å². The molecule has 1 aliphatic rings. The molecule has 1 aromatic carbocycles. The molecule has 4 heteroatoms. The Labute approximate surface area is 110 Å². The Morgan fingerprint density at radius 1 is 1.22 bits per heavy atom. The molecule has 0 bridgehead atoms. The van der Waals surface area contributed by atoms with Gasteiger partial charge < -0.3 is 5.32 Å². The fraction of sp³-hybridized carbons (Fsp3) is 0.571. The minimum Gasteiger partial charge on any atom is -0.316 e. The van der Waals surface area contributed by atoms with Gasteiger partial charge in [0, 0.05) is 6.04 Å². The van der Waals surface area contributed by atoms with Crippen molar-refractivity contribution in [2.24, 2.45) is 0 Å². The second-order valence-corrected chi connectivity index (χ2v) is 6.44.